The molecule has 27 heavy (non-hydrogen) atoms. The van der Waals surface area contributed by atoms with E-state index in [1.165, 1.54) is 0 Å². The zero-order valence-electron chi connectivity index (χ0n) is 15.2. The first-order valence-corrected chi connectivity index (χ1v) is 8.51. The molecule has 1 N–H and O–H groups in total. The van der Waals surface area contributed by atoms with Crippen molar-refractivity contribution in [3.05, 3.63) is 59.7 Å². The van der Waals surface area contributed by atoms with Crippen LogP contribution in [0.25, 0.3) is 0 Å². The van der Waals surface area contributed by atoms with E-state index in [9.17, 15) is 14.4 Å². The maximum Gasteiger partial charge on any atom is 0.340 e. The summed E-state index contributed by atoms with van der Waals surface area (Å²) in [5.41, 5.74) is 1.02. The van der Waals surface area contributed by atoms with Crippen molar-refractivity contribution in [2.24, 2.45) is 0 Å². The van der Waals surface area contributed by atoms with Crippen LogP contribution in [0.1, 0.15) is 34.6 Å². The molecule has 1 amide bonds. The molecule has 2 aromatic carbocycles. The maximum absolute atomic E-state index is 12.1. The van der Waals surface area contributed by atoms with Gasteiger partial charge in [-0.2, -0.15) is 0 Å². The number of hydrogen-bond acceptors (Lipinski definition) is 6. The predicted octanol–water partition coefficient (Wildman–Crippen LogP) is 3.06. The molecule has 0 aliphatic carbocycles. The van der Waals surface area contributed by atoms with Crippen LogP contribution in [0.5, 0.6) is 5.75 Å². The Kier molecular flexibility index (Phi) is 7.37. The molecule has 142 valence electrons. The van der Waals surface area contributed by atoms with Crippen LogP contribution >= 0.6 is 0 Å². The number of hydrogen-bond donors (Lipinski definition) is 1. The van der Waals surface area contributed by atoms with E-state index in [4.69, 9.17) is 14.2 Å². The van der Waals surface area contributed by atoms with E-state index in [0.29, 0.717) is 23.6 Å². The molecule has 0 unspecified atom stereocenters. The molecular weight excluding hydrogens is 350 g/mol. The maximum atomic E-state index is 12.1. The summed E-state index contributed by atoms with van der Waals surface area (Å²) in [6, 6.07) is 12.8. The van der Waals surface area contributed by atoms with Gasteiger partial charge in [-0.3, -0.25) is 4.79 Å². The highest BCUT2D eigenvalue weighted by Crippen LogP contribution is 2.17. The van der Waals surface area contributed by atoms with Crippen LogP contribution < -0.4 is 10.1 Å². The Bertz CT molecular complexity index is 800. The molecule has 0 aromatic heterocycles. The van der Waals surface area contributed by atoms with Gasteiger partial charge in [0.15, 0.2) is 6.61 Å². The summed E-state index contributed by atoms with van der Waals surface area (Å²) in [6.07, 6.45) is 0. The molecule has 2 rings (SSSR count). The number of nitrogens with one attached hydrogen (secondary N) is 1. The molecule has 0 radical (unpaired) electrons. The third kappa shape index (κ3) is 5.85. The highest BCUT2D eigenvalue weighted by Gasteiger charge is 2.14. The molecule has 0 heterocycles. The van der Waals surface area contributed by atoms with Crippen molar-refractivity contribution in [1.82, 2.24) is 0 Å². The summed E-state index contributed by atoms with van der Waals surface area (Å²) in [5, 5.41) is 2.63. The smallest absolute Gasteiger partial charge is 0.340 e. The number of rotatable bonds is 8. The molecule has 0 aliphatic heterocycles. The van der Waals surface area contributed by atoms with E-state index in [0.717, 1.165) is 0 Å². The number of esters is 2. The van der Waals surface area contributed by atoms with Gasteiger partial charge in [-0.1, -0.05) is 12.1 Å². The van der Waals surface area contributed by atoms with Gasteiger partial charge in [0.05, 0.1) is 30.0 Å². The van der Waals surface area contributed by atoms with Crippen LogP contribution in [0.3, 0.4) is 0 Å². The van der Waals surface area contributed by atoms with Gasteiger partial charge >= 0.3 is 11.9 Å². The quantitative estimate of drug-likeness (QED) is 0.717. The number of benzene rings is 2. The molecule has 2 aromatic rings. The van der Waals surface area contributed by atoms with Crippen LogP contribution in [0, 0.1) is 0 Å². The van der Waals surface area contributed by atoms with E-state index >= 15 is 0 Å². The molecule has 0 saturated carbocycles. The largest absolute Gasteiger partial charge is 0.484 e. The first-order valence-electron chi connectivity index (χ1n) is 8.51. The van der Waals surface area contributed by atoms with Crippen LogP contribution in [-0.4, -0.2) is 37.7 Å². The Labute approximate surface area is 157 Å². The lowest BCUT2D eigenvalue weighted by molar-refractivity contribution is -0.118. The Hall–Kier alpha value is -3.35. The van der Waals surface area contributed by atoms with Gasteiger partial charge in [0.25, 0.3) is 5.91 Å². The lowest BCUT2D eigenvalue weighted by Crippen LogP contribution is -2.22. The zero-order chi connectivity index (χ0) is 19.6. The van der Waals surface area contributed by atoms with Crippen molar-refractivity contribution in [3.63, 3.8) is 0 Å². The fourth-order valence-corrected chi connectivity index (χ4v) is 2.22. The number of amides is 1. The second-order valence-electron chi connectivity index (χ2n) is 5.35. The van der Waals surface area contributed by atoms with Gasteiger partial charge in [0, 0.05) is 0 Å². The third-order valence-electron chi connectivity index (χ3n) is 3.43. The number of anilines is 1. The first kappa shape index (κ1) is 20.0. The Morgan fingerprint density at radius 3 is 2.15 bits per heavy atom. The molecule has 0 saturated heterocycles. The molecule has 7 nitrogen and oxygen atoms in total. The highest BCUT2D eigenvalue weighted by atomic mass is 16.5. The first-order chi connectivity index (χ1) is 13.0. The molecule has 7 heteroatoms. The Morgan fingerprint density at radius 2 is 1.48 bits per heavy atom. The minimum atomic E-state index is -0.510. The topological polar surface area (TPSA) is 90.9 Å². The zero-order valence-corrected chi connectivity index (χ0v) is 15.2. The van der Waals surface area contributed by atoms with Crippen LogP contribution in [0.2, 0.25) is 0 Å². The molecule has 0 aliphatic rings. The van der Waals surface area contributed by atoms with Gasteiger partial charge in [-0.25, -0.2) is 9.59 Å². The van der Waals surface area contributed by atoms with Gasteiger partial charge < -0.3 is 19.5 Å². The Balaban J connectivity index is 1.93. The van der Waals surface area contributed by atoms with Crippen molar-refractivity contribution in [1.29, 1.82) is 0 Å². The summed E-state index contributed by atoms with van der Waals surface area (Å²) >= 11 is 0. The van der Waals surface area contributed by atoms with E-state index in [-0.39, 0.29) is 18.8 Å². The van der Waals surface area contributed by atoms with Crippen LogP contribution in [0.4, 0.5) is 5.69 Å². The lowest BCUT2D eigenvalue weighted by atomic mass is 10.2. The second kappa shape index (κ2) is 9.96. The number of carbonyl (C=O) groups is 3. The van der Waals surface area contributed by atoms with Gasteiger partial charge in [0.2, 0.25) is 0 Å². The summed E-state index contributed by atoms with van der Waals surface area (Å²) in [6.45, 7) is 3.72. The van der Waals surface area contributed by atoms with Crippen molar-refractivity contribution in [3.8, 4) is 5.75 Å². The van der Waals surface area contributed by atoms with E-state index in [2.05, 4.69) is 5.32 Å². The summed E-state index contributed by atoms with van der Waals surface area (Å²) in [5.74, 6) is -0.931. The van der Waals surface area contributed by atoms with Crippen LogP contribution in [0.15, 0.2) is 48.5 Å². The molecule has 0 spiro atoms. The fraction of sp³-hybridized carbons (Fsp3) is 0.250. The fourth-order valence-electron chi connectivity index (χ4n) is 2.22. The molecule has 0 atom stereocenters. The average molecular weight is 371 g/mol. The normalized spacial score (nSPS) is 10.0. The van der Waals surface area contributed by atoms with E-state index < -0.39 is 17.8 Å². The minimum Gasteiger partial charge on any atom is -0.484 e. The number of carbonyl (C=O) groups excluding carboxylic acids is 3. The highest BCUT2D eigenvalue weighted by molar-refractivity contribution is 6.01. The van der Waals surface area contributed by atoms with Crippen molar-refractivity contribution in [2.75, 3.05) is 25.1 Å². The third-order valence-corrected chi connectivity index (χ3v) is 3.43. The summed E-state index contributed by atoms with van der Waals surface area (Å²) in [7, 11) is 0. The van der Waals surface area contributed by atoms with Crippen molar-refractivity contribution >= 4 is 23.5 Å². The monoisotopic (exact) mass is 371 g/mol. The van der Waals surface area contributed by atoms with E-state index in [1.54, 1.807) is 62.4 Å². The average Bonchev–Trinajstić information content (AvgIpc) is 2.67. The van der Waals surface area contributed by atoms with Gasteiger partial charge in [-0.15, -0.1) is 0 Å². The molecular formula is C20H21NO6. The summed E-state index contributed by atoms with van der Waals surface area (Å²) < 4.78 is 15.3. The second-order valence-corrected chi connectivity index (χ2v) is 5.35. The van der Waals surface area contributed by atoms with Crippen molar-refractivity contribution < 1.29 is 28.6 Å². The van der Waals surface area contributed by atoms with Gasteiger partial charge in [-0.05, 0) is 50.2 Å². The number of para-hydroxylation sites is 1. The SMILES string of the molecule is CCOC(=O)c1ccc(OCC(=O)Nc2ccccc2C(=O)OCC)cc1. The summed E-state index contributed by atoms with van der Waals surface area (Å²) in [4.78, 5) is 35.6. The van der Waals surface area contributed by atoms with Gasteiger partial charge in [0.1, 0.15) is 5.75 Å². The van der Waals surface area contributed by atoms with Crippen molar-refractivity contribution in [2.45, 2.75) is 13.8 Å². The standard InChI is InChI=1S/C20H21NO6/c1-3-25-19(23)14-9-11-15(12-10-14)27-13-18(22)21-17-8-6-5-7-16(17)20(24)26-4-2/h5-12H,3-4,13H2,1-2H3,(H,21,22). The predicted molar refractivity (Wildman–Crippen MR) is 98.9 cm³/mol. The minimum absolute atomic E-state index is 0.242. The van der Waals surface area contributed by atoms with E-state index in [1.807, 2.05) is 0 Å². The Morgan fingerprint density at radius 1 is 0.852 bits per heavy atom. The lowest BCUT2D eigenvalue weighted by Gasteiger charge is -2.11. The molecule has 0 bridgehead atoms. The number of ether oxygens (including phenoxy) is 3. The van der Waals surface area contributed by atoms with Crippen LogP contribution in [-0.2, 0) is 14.3 Å². The molecule has 0 fully saturated rings.